The smallest absolute Gasteiger partial charge is 0.0832 e. The van der Waals surface area contributed by atoms with Gasteiger partial charge in [0.1, 0.15) is 0 Å². The molecule has 0 aromatic carbocycles. The van der Waals surface area contributed by atoms with E-state index < -0.39 is 12.2 Å². The van der Waals surface area contributed by atoms with Gasteiger partial charge in [0, 0.05) is 0 Å². The molecule has 3 fully saturated rings. The fourth-order valence-corrected chi connectivity index (χ4v) is 4.01. The van der Waals surface area contributed by atoms with E-state index in [-0.39, 0.29) is 17.9 Å². The van der Waals surface area contributed by atoms with Crippen LogP contribution in [0, 0.1) is 23.7 Å². The number of rotatable bonds is 0. The molecular formula is C10H16O3. The van der Waals surface area contributed by atoms with E-state index in [9.17, 15) is 15.3 Å². The molecule has 3 heteroatoms. The van der Waals surface area contributed by atoms with Gasteiger partial charge >= 0.3 is 0 Å². The Morgan fingerprint density at radius 2 is 1.08 bits per heavy atom. The van der Waals surface area contributed by atoms with Gasteiger partial charge in [-0.15, -0.1) is 0 Å². The Balaban J connectivity index is 1.88. The SMILES string of the molecule is OC1CC2C3CC(C(O)C3O)C2C1. The molecule has 0 aromatic rings. The van der Waals surface area contributed by atoms with Gasteiger partial charge < -0.3 is 15.3 Å². The van der Waals surface area contributed by atoms with Gasteiger partial charge in [0.15, 0.2) is 0 Å². The molecule has 74 valence electrons. The van der Waals surface area contributed by atoms with Crippen LogP contribution in [0.3, 0.4) is 0 Å². The average Bonchev–Trinajstić information content (AvgIpc) is 2.64. The second-order valence-electron chi connectivity index (χ2n) is 5.00. The highest BCUT2D eigenvalue weighted by Gasteiger charge is 2.59. The molecule has 3 N–H and O–H groups in total. The molecule has 0 spiro atoms. The van der Waals surface area contributed by atoms with Crippen LogP contribution < -0.4 is 0 Å². The molecular weight excluding hydrogens is 168 g/mol. The highest BCUT2D eigenvalue weighted by molar-refractivity contribution is 5.09. The minimum atomic E-state index is -0.517. The van der Waals surface area contributed by atoms with Crippen molar-refractivity contribution in [1.29, 1.82) is 0 Å². The Kier molecular flexibility index (Phi) is 1.56. The zero-order valence-corrected chi connectivity index (χ0v) is 7.50. The average molecular weight is 184 g/mol. The first-order valence-corrected chi connectivity index (χ1v) is 5.22. The molecule has 3 aliphatic carbocycles. The summed E-state index contributed by atoms with van der Waals surface area (Å²) in [6.45, 7) is 0. The van der Waals surface area contributed by atoms with E-state index in [2.05, 4.69) is 0 Å². The highest BCUT2D eigenvalue weighted by atomic mass is 16.3. The molecule has 3 saturated carbocycles. The number of hydrogen-bond acceptors (Lipinski definition) is 3. The zero-order chi connectivity index (χ0) is 9.16. The van der Waals surface area contributed by atoms with Crippen LogP contribution in [0.5, 0.6) is 0 Å². The molecule has 2 bridgehead atoms. The van der Waals surface area contributed by atoms with Crippen LogP contribution in [0.1, 0.15) is 19.3 Å². The van der Waals surface area contributed by atoms with E-state index in [4.69, 9.17) is 0 Å². The summed E-state index contributed by atoms with van der Waals surface area (Å²) in [6, 6.07) is 0. The quantitative estimate of drug-likeness (QED) is 0.486. The lowest BCUT2D eigenvalue weighted by Crippen LogP contribution is -2.39. The fraction of sp³-hybridized carbons (Fsp3) is 1.00. The predicted octanol–water partition coefficient (Wildman–Crippen LogP) is -0.255. The maximum absolute atomic E-state index is 9.69. The monoisotopic (exact) mass is 184 g/mol. The van der Waals surface area contributed by atoms with Crippen molar-refractivity contribution in [3.63, 3.8) is 0 Å². The maximum Gasteiger partial charge on any atom is 0.0832 e. The normalized spacial score (nSPS) is 64.4. The molecule has 3 nitrogen and oxygen atoms in total. The van der Waals surface area contributed by atoms with Crippen molar-refractivity contribution >= 4 is 0 Å². The van der Waals surface area contributed by atoms with E-state index in [1.54, 1.807) is 0 Å². The van der Waals surface area contributed by atoms with E-state index in [1.807, 2.05) is 0 Å². The van der Waals surface area contributed by atoms with Crippen molar-refractivity contribution in [3.05, 3.63) is 0 Å². The van der Waals surface area contributed by atoms with Gasteiger partial charge in [-0.2, -0.15) is 0 Å². The number of hydrogen-bond donors (Lipinski definition) is 3. The number of fused-ring (bicyclic) bond motifs is 5. The third-order valence-corrected chi connectivity index (χ3v) is 4.51. The minimum Gasteiger partial charge on any atom is -0.393 e. The molecule has 0 radical (unpaired) electrons. The summed E-state index contributed by atoms with van der Waals surface area (Å²) in [6.07, 6.45) is 1.45. The summed E-state index contributed by atoms with van der Waals surface area (Å²) < 4.78 is 0. The maximum atomic E-state index is 9.69. The lowest BCUT2D eigenvalue weighted by atomic mass is 9.79. The van der Waals surface area contributed by atoms with Gasteiger partial charge in [0.2, 0.25) is 0 Å². The molecule has 13 heavy (non-hydrogen) atoms. The third-order valence-electron chi connectivity index (χ3n) is 4.51. The summed E-state index contributed by atoms with van der Waals surface area (Å²) in [4.78, 5) is 0. The van der Waals surface area contributed by atoms with Gasteiger partial charge in [0.05, 0.1) is 18.3 Å². The Morgan fingerprint density at radius 1 is 0.615 bits per heavy atom. The standard InChI is InChI=1S/C10H16O3/c11-4-1-5-6(2-4)8-3-7(5)9(12)10(8)13/h4-13H,1-3H2. The number of aliphatic hydroxyl groups is 3. The summed E-state index contributed by atoms with van der Waals surface area (Å²) in [5.41, 5.74) is 0. The molecule has 0 saturated heterocycles. The van der Waals surface area contributed by atoms with Gasteiger partial charge in [-0.05, 0) is 42.9 Å². The summed E-state index contributed by atoms with van der Waals surface area (Å²) in [5, 5.41) is 28.9. The van der Waals surface area contributed by atoms with Crippen LogP contribution in [0.4, 0.5) is 0 Å². The van der Waals surface area contributed by atoms with Gasteiger partial charge in [-0.3, -0.25) is 0 Å². The Labute approximate surface area is 77.4 Å². The number of aliphatic hydroxyl groups excluding tert-OH is 3. The lowest BCUT2D eigenvalue weighted by molar-refractivity contribution is -0.0497. The fourth-order valence-electron chi connectivity index (χ4n) is 4.01. The first-order valence-electron chi connectivity index (χ1n) is 5.22. The van der Waals surface area contributed by atoms with Crippen molar-refractivity contribution in [2.75, 3.05) is 0 Å². The van der Waals surface area contributed by atoms with Crippen molar-refractivity contribution in [2.24, 2.45) is 23.7 Å². The predicted molar refractivity (Wildman–Crippen MR) is 45.8 cm³/mol. The van der Waals surface area contributed by atoms with E-state index in [0.717, 1.165) is 19.3 Å². The van der Waals surface area contributed by atoms with Crippen LogP contribution in [-0.2, 0) is 0 Å². The van der Waals surface area contributed by atoms with E-state index >= 15 is 0 Å². The molecule has 6 atom stereocenters. The van der Waals surface area contributed by atoms with Gasteiger partial charge in [-0.1, -0.05) is 0 Å². The Morgan fingerprint density at radius 3 is 1.54 bits per heavy atom. The van der Waals surface area contributed by atoms with Crippen molar-refractivity contribution in [3.8, 4) is 0 Å². The second-order valence-corrected chi connectivity index (χ2v) is 5.00. The molecule has 0 aromatic heterocycles. The molecule has 0 heterocycles. The van der Waals surface area contributed by atoms with Gasteiger partial charge in [-0.25, -0.2) is 0 Å². The van der Waals surface area contributed by atoms with E-state index in [0.29, 0.717) is 11.8 Å². The van der Waals surface area contributed by atoms with Crippen molar-refractivity contribution in [1.82, 2.24) is 0 Å². The van der Waals surface area contributed by atoms with E-state index in [1.165, 1.54) is 0 Å². The molecule has 3 rings (SSSR count). The van der Waals surface area contributed by atoms with Crippen LogP contribution in [-0.4, -0.2) is 33.6 Å². The van der Waals surface area contributed by atoms with Crippen LogP contribution in [0.15, 0.2) is 0 Å². The van der Waals surface area contributed by atoms with Crippen LogP contribution in [0.2, 0.25) is 0 Å². The first-order chi connectivity index (χ1) is 6.18. The van der Waals surface area contributed by atoms with Crippen molar-refractivity contribution in [2.45, 2.75) is 37.6 Å². The topological polar surface area (TPSA) is 60.7 Å². The molecule has 0 amide bonds. The zero-order valence-electron chi connectivity index (χ0n) is 7.50. The summed E-state index contributed by atoms with van der Waals surface area (Å²) in [5.74, 6) is 1.50. The Hall–Kier alpha value is -0.120. The molecule has 6 unspecified atom stereocenters. The molecule has 3 aliphatic rings. The largest absolute Gasteiger partial charge is 0.393 e. The lowest BCUT2D eigenvalue weighted by Gasteiger charge is -2.32. The molecule has 0 aliphatic heterocycles. The first kappa shape index (κ1) is 8.21. The summed E-state index contributed by atoms with van der Waals surface area (Å²) in [7, 11) is 0. The van der Waals surface area contributed by atoms with Crippen molar-refractivity contribution < 1.29 is 15.3 Å². The minimum absolute atomic E-state index is 0.183. The Bertz CT molecular complexity index is 204. The summed E-state index contributed by atoms with van der Waals surface area (Å²) >= 11 is 0. The van der Waals surface area contributed by atoms with Crippen LogP contribution in [0.25, 0.3) is 0 Å². The highest BCUT2D eigenvalue weighted by Crippen LogP contribution is 2.58. The third kappa shape index (κ3) is 0.901. The van der Waals surface area contributed by atoms with Gasteiger partial charge in [0.25, 0.3) is 0 Å². The van der Waals surface area contributed by atoms with Crippen LogP contribution >= 0.6 is 0 Å². The second kappa shape index (κ2) is 2.47.